The van der Waals surface area contributed by atoms with E-state index in [4.69, 9.17) is 5.73 Å². The molecule has 174 valence electrons. The molecule has 0 unspecified atom stereocenters. The number of anilines is 2. The first-order chi connectivity index (χ1) is 15.6. The predicted octanol–water partition coefficient (Wildman–Crippen LogP) is 6.52. The van der Waals surface area contributed by atoms with Crippen molar-refractivity contribution >= 4 is 28.2 Å². The molecule has 1 aliphatic carbocycles. The largest absolute Gasteiger partial charge is 0.416 e. The molecule has 4 rings (SSSR count). The number of hydrogen-bond acceptors (Lipinski definition) is 3. The summed E-state index contributed by atoms with van der Waals surface area (Å²) in [6, 6.07) is 9.47. The van der Waals surface area contributed by atoms with Crippen molar-refractivity contribution in [3.63, 3.8) is 0 Å². The van der Waals surface area contributed by atoms with E-state index in [9.17, 15) is 22.4 Å². The molecule has 1 atom stereocenters. The molecular formula is C25H25F4N3O. The van der Waals surface area contributed by atoms with Crippen LogP contribution in [0.5, 0.6) is 0 Å². The van der Waals surface area contributed by atoms with Crippen LogP contribution in [0.25, 0.3) is 10.9 Å². The van der Waals surface area contributed by atoms with Crippen LogP contribution >= 0.6 is 0 Å². The summed E-state index contributed by atoms with van der Waals surface area (Å²) >= 11 is 0. The van der Waals surface area contributed by atoms with Crippen molar-refractivity contribution in [2.75, 3.05) is 11.1 Å². The number of nitrogens with zero attached hydrogens (tertiary/aromatic N) is 1. The van der Waals surface area contributed by atoms with Crippen molar-refractivity contribution in [2.24, 2.45) is 11.8 Å². The second-order valence-corrected chi connectivity index (χ2v) is 8.75. The highest BCUT2D eigenvalue weighted by molar-refractivity contribution is 5.95. The number of rotatable bonds is 4. The number of benzene rings is 2. The van der Waals surface area contributed by atoms with Gasteiger partial charge in [-0.05, 0) is 85.5 Å². The summed E-state index contributed by atoms with van der Waals surface area (Å²) < 4.78 is 52.3. The molecule has 0 spiro atoms. The minimum absolute atomic E-state index is 0.120. The number of nitrogens with one attached hydrogen (secondary N) is 1. The van der Waals surface area contributed by atoms with Gasteiger partial charge in [-0.2, -0.15) is 13.2 Å². The van der Waals surface area contributed by atoms with Crippen LogP contribution in [-0.2, 0) is 11.0 Å². The van der Waals surface area contributed by atoms with Gasteiger partial charge in [0.1, 0.15) is 5.82 Å². The molecule has 3 aromatic rings. The van der Waals surface area contributed by atoms with Crippen LogP contribution in [0.2, 0.25) is 0 Å². The van der Waals surface area contributed by atoms with Gasteiger partial charge < -0.3 is 11.1 Å². The van der Waals surface area contributed by atoms with Gasteiger partial charge in [0, 0.05) is 17.5 Å². The number of carbonyl (C=O) groups excluding carboxylic acids is 1. The normalized spacial score (nSPS) is 19.9. The highest BCUT2D eigenvalue weighted by atomic mass is 19.4. The van der Waals surface area contributed by atoms with Crippen molar-refractivity contribution in [3.05, 3.63) is 65.6 Å². The molecule has 8 heteroatoms. The molecule has 1 heterocycles. The first-order valence-corrected chi connectivity index (χ1v) is 10.9. The molecule has 0 bridgehead atoms. The Labute approximate surface area is 189 Å². The molecule has 0 saturated heterocycles. The van der Waals surface area contributed by atoms with Crippen LogP contribution in [0.1, 0.15) is 49.7 Å². The summed E-state index contributed by atoms with van der Waals surface area (Å²) in [4.78, 5) is 17.1. The summed E-state index contributed by atoms with van der Waals surface area (Å²) in [5, 5.41) is 3.50. The van der Waals surface area contributed by atoms with Gasteiger partial charge in [0.2, 0.25) is 5.91 Å². The Bertz CT molecular complexity index is 1170. The fourth-order valence-corrected chi connectivity index (χ4v) is 4.74. The number of fused-ring (bicyclic) bond motifs is 1. The maximum absolute atomic E-state index is 13.8. The number of pyridine rings is 1. The zero-order valence-electron chi connectivity index (χ0n) is 18.1. The average Bonchev–Trinajstić information content (AvgIpc) is 2.79. The van der Waals surface area contributed by atoms with E-state index in [-0.39, 0.29) is 40.9 Å². The number of halogens is 4. The lowest BCUT2D eigenvalue weighted by Crippen LogP contribution is -2.30. The van der Waals surface area contributed by atoms with E-state index in [2.05, 4.69) is 10.3 Å². The molecule has 1 aliphatic rings. The first kappa shape index (κ1) is 23.0. The summed E-state index contributed by atoms with van der Waals surface area (Å²) in [6.45, 7) is 1.83. The van der Waals surface area contributed by atoms with Crippen LogP contribution in [0.15, 0.2) is 48.7 Å². The number of aromatic nitrogens is 1. The number of amides is 1. The molecular weight excluding hydrogens is 434 g/mol. The monoisotopic (exact) mass is 459 g/mol. The molecule has 1 saturated carbocycles. The topological polar surface area (TPSA) is 68.0 Å². The van der Waals surface area contributed by atoms with Crippen LogP contribution in [-0.4, -0.2) is 10.9 Å². The van der Waals surface area contributed by atoms with Crippen LogP contribution in [0.3, 0.4) is 0 Å². The van der Waals surface area contributed by atoms with Crippen LogP contribution < -0.4 is 11.1 Å². The van der Waals surface area contributed by atoms with Gasteiger partial charge in [-0.25, -0.2) is 4.39 Å². The highest BCUT2D eigenvalue weighted by Crippen LogP contribution is 2.41. The Balaban J connectivity index is 1.40. The van der Waals surface area contributed by atoms with Crippen molar-refractivity contribution in [1.82, 2.24) is 4.98 Å². The number of nitrogens with two attached hydrogens (primary N) is 1. The molecule has 3 N–H and O–H groups in total. The number of hydrogen-bond donors (Lipinski definition) is 2. The van der Waals surface area contributed by atoms with Gasteiger partial charge in [-0.3, -0.25) is 9.78 Å². The summed E-state index contributed by atoms with van der Waals surface area (Å²) in [5.74, 6) is -0.477. The molecule has 1 aromatic heterocycles. The lowest BCUT2D eigenvalue weighted by atomic mass is 9.73. The second kappa shape index (κ2) is 9.00. The third-order valence-electron chi connectivity index (χ3n) is 6.71. The van der Waals surface area contributed by atoms with Gasteiger partial charge in [-0.1, -0.05) is 6.92 Å². The van der Waals surface area contributed by atoms with Crippen molar-refractivity contribution < 1.29 is 22.4 Å². The van der Waals surface area contributed by atoms with Gasteiger partial charge in [0.05, 0.1) is 22.5 Å². The third-order valence-corrected chi connectivity index (χ3v) is 6.71. The maximum Gasteiger partial charge on any atom is 0.416 e. The Morgan fingerprint density at radius 3 is 2.48 bits per heavy atom. The van der Waals surface area contributed by atoms with E-state index in [1.165, 1.54) is 18.2 Å². The van der Waals surface area contributed by atoms with E-state index in [0.717, 1.165) is 54.3 Å². The van der Waals surface area contributed by atoms with Crippen LogP contribution in [0.4, 0.5) is 28.9 Å². The molecule has 4 nitrogen and oxygen atoms in total. The summed E-state index contributed by atoms with van der Waals surface area (Å²) in [6.07, 6.45) is 0.614. The van der Waals surface area contributed by atoms with Crippen molar-refractivity contribution in [1.29, 1.82) is 0 Å². The van der Waals surface area contributed by atoms with Gasteiger partial charge in [0.15, 0.2) is 0 Å². The van der Waals surface area contributed by atoms with Crippen molar-refractivity contribution in [3.8, 4) is 0 Å². The highest BCUT2D eigenvalue weighted by Gasteiger charge is 2.32. The Morgan fingerprint density at radius 2 is 1.82 bits per heavy atom. The Hall–Kier alpha value is -3.16. The number of alkyl halides is 3. The quantitative estimate of drug-likeness (QED) is 0.345. The Morgan fingerprint density at radius 1 is 1.09 bits per heavy atom. The number of carbonyl (C=O) groups is 1. The van der Waals surface area contributed by atoms with Crippen molar-refractivity contribution in [2.45, 2.75) is 44.7 Å². The van der Waals surface area contributed by atoms with Crippen LogP contribution in [0, 0.1) is 17.7 Å². The third kappa shape index (κ3) is 4.94. The second-order valence-electron chi connectivity index (χ2n) is 8.75. The van der Waals surface area contributed by atoms with Gasteiger partial charge in [-0.15, -0.1) is 0 Å². The van der Waals surface area contributed by atoms with E-state index in [1.807, 2.05) is 13.0 Å². The molecule has 1 fully saturated rings. The van der Waals surface area contributed by atoms with Gasteiger partial charge in [0.25, 0.3) is 0 Å². The van der Waals surface area contributed by atoms with E-state index in [0.29, 0.717) is 0 Å². The Kier molecular flexibility index (Phi) is 6.28. The number of nitrogen functional groups attached to an aromatic ring is 1. The minimum Gasteiger partial charge on any atom is -0.397 e. The predicted molar refractivity (Wildman–Crippen MR) is 120 cm³/mol. The van der Waals surface area contributed by atoms with E-state index < -0.39 is 11.7 Å². The minimum atomic E-state index is -4.49. The maximum atomic E-state index is 13.8. The molecule has 0 aliphatic heterocycles. The summed E-state index contributed by atoms with van der Waals surface area (Å²) in [7, 11) is 0. The SMILES string of the molecule is C[C@@H](C(=O)Nc1ccc(C(F)(F)F)cc1N)C1CCC(c2ccnc3ccc(F)cc23)CC1. The molecule has 33 heavy (non-hydrogen) atoms. The standard InChI is InChI=1S/C25H25F4N3O/c1-14(24(33)32-23-8-6-17(12-21(23)30)25(27,28)29)15-2-4-16(5-3-15)19-10-11-31-22-9-7-18(26)13-20(19)22/h6-16H,2-5,30H2,1H3,(H,32,33)/t14-,15?,16?/m1/s1. The van der Waals surface area contributed by atoms with E-state index in [1.54, 1.807) is 12.3 Å². The zero-order chi connectivity index (χ0) is 23.8. The fourth-order valence-electron chi connectivity index (χ4n) is 4.74. The van der Waals surface area contributed by atoms with Gasteiger partial charge >= 0.3 is 6.18 Å². The fraction of sp³-hybridized carbons (Fsp3) is 0.360. The smallest absolute Gasteiger partial charge is 0.397 e. The summed E-state index contributed by atoms with van der Waals surface area (Å²) in [5.41, 5.74) is 6.78. The lowest BCUT2D eigenvalue weighted by Gasteiger charge is -2.32. The van der Waals surface area contributed by atoms with E-state index >= 15 is 0 Å². The molecule has 2 aromatic carbocycles. The lowest BCUT2D eigenvalue weighted by molar-refractivity contribution is -0.137. The average molecular weight is 459 g/mol. The first-order valence-electron chi connectivity index (χ1n) is 10.9. The molecule has 0 radical (unpaired) electrons. The molecule has 1 amide bonds. The zero-order valence-corrected chi connectivity index (χ0v) is 18.1.